The maximum Gasteiger partial charge on any atom is 0.351 e. The molecule has 0 aliphatic rings. The summed E-state index contributed by atoms with van der Waals surface area (Å²) in [6.07, 6.45) is 2.93. The van der Waals surface area contributed by atoms with E-state index in [9.17, 15) is 9.32 Å². The molecule has 0 aliphatic heterocycles. The topological polar surface area (TPSA) is 35.5 Å². The molecule has 0 aromatic rings. The second-order valence-electron chi connectivity index (χ2n) is 2.80. The third kappa shape index (κ3) is 6.28. The van der Waals surface area contributed by atoms with Gasteiger partial charge in [-0.1, -0.05) is 13.0 Å². The molecule has 1 atom stereocenters. The fraction of sp³-hybridized carbons (Fsp3) is 0.667. The standard InChI is InChI=1S/C9H15FO3/c1-3-6-12-7-4-5-8(2)9(11)13-10/h3,8H,1,4-7H2,2H3. The SMILES string of the molecule is C=CCOCCCC(C)C(=O)OF. The van der Waals surface area contributed by atoms with E-state index < -0.39 is 11.9 Å². The lowest BCUT2D eigenvalue weighted by Gasteiger charge is -2.05. The van der Waals surface area contributed by atoms with Crippen molar-refractivity contribution in [2.75, 3.05) is 13.2 Å². The van der Waals surface area contributed by atoms with Gasteiger partial charge in [-0.2, -0.15) is 0 Å². The molecule has 0 N–H and O–H groups in total. The third-order valence-electron chi connectivity index (χ3n) is 1.64. The van der Waals surface area contributed by atoms with Crippen LogP contribution in [-0.4, -0.2) is 19.2 Å². The molecule has 0 rings (SSSR count). The van der Waals surface area contributed by atoms with Crippen LogP contribution < -0.4 is 0 Å². The Morgan fingerprint density at radius 1 is 1.69 bits per heavy atom. The molecule has 0 amide bonds. The van der Waals surface area contributed by atoms with Gasteiger partial charge < -0.3 is 4.74 Å². The number of hydrogen-bond donors (Lipinski definition) is 0. The van der Waals surface area contributed by atoms with E-state index in [2.05, 4.69) is 11.5 Å². The summed E-state index contributed by atoms with van der Waals surface area (Å²) < 4.78 is 16.5. The first-order valence-corrected chi connectivity index (χ1v) is 4.23. The highest BCUT2D eigenvalue weighted by molar-refractivity contribution is 5.71. The molecule has 0 saturated heterocycles. The largest absolute Gasteiger partial charge is 0.377 e. The summed E-state index contributed by atoms with van der Waals surface area (Å²) in [5, 5.41) is 0. The fourth-order valence-corrected chi connectivity index (χ4v) is 0.852. The summed E-state index contributed by atoms with van der Waals surface area (Å²) in [5.74, 6) is -1.22. The van der Waals surface area contributed by atoms with Crippen molar-refractivity contribution < 1.29 is 19.0 Å². The van der Waals surface area contributed by atoms with Crippen LogP contribution >= 0.6 is 0 Å². The number of halogens is 1. The summed E-state index contributed by atoms with van der Waals surface area (Å²) in [6.45, 7) is 6.16. The van der Waals surface area contributed by atoms with Crippen LogP contribution in [0.3, 0.4) is 0 Å². The Balaban J connectivity index is 3.31. The molecule has 0 aliphatic carbocycles. The van der Waals surface area contributed by atoms with Crippen LogP contribution in [0.1, 0.15) is 19.8 Å². The summed E-state index contributed by atoms with van der Waals surface area (Å²) >= 11 is 0. The van der Waals surface area contributed by atoms with Crippen molar-refractivity contribution in [2.24, 2.45) is 5.92 Å². The van der Waals surface area contributed by atoms with Gasteiger partial charge >= 0.3 is 5.97 Å². The van der Waals surface area contributed by atoms with E-state index in [1.165, 1.54) is 0 Å². The minimum absolute atomic E-state index is 0.405. The Labute approximate surface area is 77.4 Å². The summed E-state index contributed by atoms with van der Waals surface area (Å²) in [7, 11) is 0. The van der Waals surface area contributed by atoms with Crippen molar-refractivity contribution in [1.82, 2.24) is 0 Å². The van der Waals surface area contributed by atoms with Crippen LogP contribution in [0, 0.1) is 5.92 Å². The molecule has 4 heteroatoms. The average molecular weight is 190 g/mol. The van der Waals surface area contributed by atoms with E-state index in [4.69, 9.17) is 4.74 Å². The highest BCUT2D eigenvalue weighted by atomic mass is 19.3. The Morgan fingerprint density at radius 2 is 2.38 bits per heavy atom. The molecule has 0 aromatic carbocycles. The smallest absolute Gasteiger partial charge is 0.351 e. The summed E-state index contributed by atoms with van der Waals surface area (Å²) in [5.41, 5.74) is 0. The Morgan fingerprint density at radius 3 is 2.92 bits per heavy atom. The molecule has 3 nitrogen and oxygen atoms in total. The maximum atomic E-state index is 11.4. The zero-order chi connectivity index (χ0) is 10.1. The van der Waals surface area contributed by atoms with Crippen molar-refractivity contribution in [1.29, 1.82) is 0 Å². The minimum Gasteiger partial charge on any atom is -0.377 e. The first kappa shape index (κ1) is 12.1. The van der Waals surface area contributed by atoms with E-state index in [0.717, 1.165) is 0 Å². The molecule has 0 fully saturated rings. The first-order valence-electron chi connectivity index (χ1n) is 4.23. The van der Waals surface area contributed by atoms with Crippen molar-refractivity contribution >= 4 is 5.97 Å². The highest BCUT2D eigenvalue weighted by Crippen LogP contribution is 2.07. The predicted octanol–water partition coefficient (Wildman–Crippen LogP) is 2.03. The van der Waals surface area contributed by atoms with Gasteiger partial charge in [-0.3, -0.25) is 4.94 Å². The lowest BCUT2D eigenvalue weighted by molar-refractivity contribution is -0.188. The van der Waals surface area contributed by atoms with E-state index in [-0.39, 0.29) is 0 Å². The normalized spacial score (nSPS) is 12.2. The zero-order valence-electron chi connectivity index (χ0n) is 7.79. The van der Waals surface area contributed by atoms with Crippen molar-refractivity contribution in [3.8, 4) is 0 Å². The minimum atomic E-state index is -0.816. The molecule has 1 unspecified atom stereocenters. The van der Waals surface area contributed by atoms with E-state index >= 15 is 0 Å². The fourth-order valence-electron chi connectivity index (χ4n) is 0.852. The average Bonchev–Trinajstić information content (AvgIpc) is 2.16. The summed E-state index contributed by atoms with van der Waals surface area (Å²) in [6, 6.07) is 0. The molecule has 76 valence electrons. The third-order valence-corrected chi connectivity index (χ3v) is 1.64. The number of rotatable bonds is 7. The second-order valence-corrected chi connectivity index (χ2v) is 2.80. The van der Waals surface area contributed by atoms with Gasteiger partial charge in [0.15, 0.2) is 0 Å². The Hall–Kier alpha value is -0.900. The van der Waals surface area contributed by atoms with Crippen LogP contribution in [0.15, 0.2) is 12.7 Å². The van der Waals surface area contributed by atoms with E-state index in [1.54, 1.807) is 13.0 Å². The van der Waals surface area contributed by atoms with Gasteiger partial charge in [0.25, 0.3) is 0 Å². The first-order chi connectivity index (χ1) is 6.22. The van der Waals surface area contributed by atoms with Crippen molar-refractivity contribution in [2.45, 2.75) is 19.8 Å². The Bertz CT molecular complexity index is 159. The van der Waals surface area contributed by atoms with Crippen molar-refractivity contribution in [3.05, 3.63) is 12.7 Å². The monoisotopic (exact) mass is 190 g/mol. The lowest BCUT2D eigenvalue weighted by atomic mass is 10.1. The number of ether oxygens (including phenoxy) is 1. The quantitative estimate of drug-likeness (QED) is 0.455. The highest BCUT2D eigenvalue weighted by Gasteiger charge is 2.14. The zero-order valence-corrected chi connectivity index (χ0v) is 7.79. The molecule has 0 bridgehead atoms. The van der Waals surface area contributed by atoms with E-state index in [0.29, 0.717) is 26.1 Å². The van der Waals surface area contributed by atoms with Crippen LogP contribution in [0.2, 0.25) is 0 Å². The predicted molar refractivity (Wildman–Crippen MR) is 46.6 cm³/mol. The van der Waals surface area contributed by atoms with Crippen LogP contribution in [0.25, 0.3) is 0 Å². The van der Waals surface area contributed by atoms with Crippen LogP contribution in [0.4, 0.5) is 4.53 Å². The van der Waals surface area contributed by atoms with Crippen LogP contribution in [-0.2, 0) is 14.5 Å². The van der Waals surface area contributed by atoms with Gasteiger partial charge in [-0.05, 0) is 12.8 Å². The lowest BCUT2D eigenvalue weighted by Crippen LogP contribution is -2.11. The van der Waals surface area contributed by atoms with Crippen LogP contribution in [0.5, 0.6) is 0 Å². The number of hydrogen-bond acceptors (Lipinski definition) is 3. The second kappa shape index (κ2) is 7.73. The molecule has 0 aromatic heterocycles. The molecule has 0 saturated carbocycles. The van der Waals surface area contributed by atoms with Gasteiger partial charge in [0, 0.05) is 11.1 Å². The Kier molecular flexibility index (Phi) is 7.20. The van der Waals surface area contributed by atoms with Gasteiger partial charge in [0.2, 0.25) is 0 Å². The molecule has 0 radical (unpaired) electrons. The van der Waals surface area contributed by atoms with Gasteiger partial charge in [-0.25, -0.2) is 4.79 Å². The molecular formula is C9H15FO3. The van der Waals surface area contributed by atoms with Crippen molar-refractivity contribution in [3.63, 3.8) is 0 Å². The van der Waals surface area contributed by atoms with Gasteiger partial charge in [0.05, 0.1) is 12.5 Å². The molecule has 0 heterocycles. The molecular weight excluding hydrogens is 175 g/mol. The number of carbonyl (C=O) groups excluding carboxylic acids is 1. The van der Waals surface area contributed by atoms with Gasteiger partial charge in [-0.15, -0.1) is 6.58 Å². The molecule has 13 heavy (non-hydrogen) atoms. The number of carbonyl (C=O) groups is 1. The summed E-state index contributed by atoms with van der Waals surface area (Å²) in [4.78, 5) is 13.7. The molecule has 0 spiro atoms. The maximum absolute atomic E-state index is 11.4. The van der Waals surface area contributed by atoms with E-state index in [1.807, 2.05) is 0 Å². The van der Waals surface area contributed by atoms with Gasteiger partial charge in [0.1, 0.15) is 0 Å².